The first-order valence-corrected chi connectivity index (χ1v) is 6.02. The number of halogens is 1. The highest BCUT2D eigenvalue weighted by molar-refractivity contribution is 6.34. The van der Waals surface area contributed by atoms with Gasteiger partial charge in [-0.25, -0.2) is 0 Å². The van der Waals surface area contributed by atoms with Gasteiger partial charge in [0.2, 0.25) is 0 Å². The van der Waals surface area contributed by atoms with Crippen molar-refractivity contribution >= 4 is 28.9 Å². The Balaban J connectivity index is 2.31. The Morgan fingerprint density at radius 2 is 2.05 bits per heavy atom. The monoisotopic (exact) mass is 276 g/mol. The number of hydrogen-bond acceptors (Lipinski definition) is 3. The van der Waals surface area contributed by atoms with Gasteiger partial charge in [0.1, 0.15) is 0 Å². The van der Waals surface area contributed by atoms with E-state index in [1.807, 2.05) is 13.0 Å². The highest BCUT2D eigenvalue weighted by atomic mass is 35.5. The number of carbonyl (C=O) groups is 1. The van der Waals surface area contributed by atoms with Crippen molar-refractivity contribution in [2.45, 2.75) is 6.92 Å². The number of benzene rings is 2. The van der Waals surface area contributed by atoms with Crippen LogP contribution in [-0.4, -0.2) is 11.0 Å². The van der Waals surface area contributed by atoms with Crippen LogP contribution in [0.3, 0.4) is 0 Å². The molecule has 4 nitrogen and oxygen atoms in total. The first-order valence-electron chi connectivity index (χ1n) is 5.64. The summed E-state index contributed by atoms with van der Waals surface area (Å²) in [5.74, 6) is -0.693. The zero-order valence-corrected chi connectivity index (χ0v) is 11.0. The minimum Gasteiger partial charge on any atom is -0.505 e. The van der Waals surface area contributed by atoms with Crippen molar-refractivity contribution in [3.05, 3.63) is 52.5 Å². The molecular formula is C14H13ClN2O2. The Bertz CT molecular complexity index is 641. The summed E-state index contributed by atoms with van der Waals surface area (Å²) in [5.41, 5.74) is 7.28. The molecule has 0 saturated heterocycles. The van der Waals surface area contributed by atoms with Crippen molar-refractivity contribution < 1.29 is 9.90 Å². The van der Waals surface area contributed by atoms with Crippen molar-refractivity contribution in [1.29, 1.82) is 0 Å². The van der Waals surface area contributed by atoms with Gasteiger partial charge in [-0.2, -0.15) is 0 Å². The summed E-state index contributed by atoms with van der Waals surface area (Å²) in [6.07, 6.45) is 0. The van der Waals surface area contributed by atoms with Crippen LogP contribution in [0.25, 0.3) is 0 Å². The Hall–Kier alpha value is -2.20. The predicted octanol–water partition coefficient (Wildman–Crippen LogP) is 3.19. The van der Waals surface area contributed by atoms with E-state index in [-0.39, 0.29) is 17.0 Å². The predicted molar refractivity (Wildman–Crippen MR) is 76.7 cm³/mol. The third-order valence-corrected chi connectivity index (χ3v) is 3.01. The minimum absolute atomic E-state index is 0.109. The smallest absolute Gasteiger partial charge is 0.259 e. The van der Waals surface area contributed by atoms with Crippen molar-refractivity contribution in [1.82, 2.24) is 0 Å². The maximum Gasteiger partial charge on any atom is 0.259 e. The maximum atomic E-state index is 12.1. The van der Waals surface area contributed by atoms with Gasteiger partial charge in [-0.3, -0.25) is 4.79 Å². The quantitative estimate of drug-likeness (QED) is 0.582. The first kappa shape index (κ1) is 13.2. The summed E-state index contributed by atoms with van der Waals surface area (Å²) >= 11 is 6.00. The molecule has 2 aromatic rings. The standard InChI is InChI=1S/C14H13ClN2O2/c1-8-5-6-10(15)12(7-8)17-14(19)9-3-2-4-11(16)13(9)18/h2-7,18H,16H2,1H3,(H,17,19). The number of carbonyl (C=O) groups excluding carboxylic acids is 1. The molecule has 0 aromatic heterocycles. The van der Waals surface area contributed by atoms with Crippen LogP contribution in [-0.2, 0) is 0 Å². The zero-order chi connectivity index (χ0) is 14.0. The first-order chi connectivity index (χ1) is 8.99. The van der Waals surface area contributed by atoms with Gasteiger partial charge in [0.15, 0.2) is 5.75 Å². The highest BCUT2D eigenvalue weighted by Crippen LogP contribution is 2.27. The Kier molecular flexibility index (Phi) is 3.62. The van der Waals surface area contributed by atoms with E-state index >= 15 is 0 Å². The fraction of sp³-hybridized carbons (Fsp3) is 0.0714. The molecule has 0 atom stereocenters. The Labute approximate surface area is 115 Å². The number of nitrogens with one attached hydrogen (secondary N) is 1. The van der Waals surface area contributed by atoms with Gasteiger partial charge in [0.25, 0.3) is 5.91 Å². The van der Waals surface area contributed by atoms with Crippen LogP contribution < -0.4 is 11.1 Å². The van der Waals surface area contributed by atoms with Crippen LogP contribution >= 0.6 is 11.6 Å². The van der Waals surface area contributed by atoms with Crippen molar-refractivity contribution in [3.8, 4) is 5.75 Å². The number of nitrogens with two attached hydrogens (primary N) is 1. The molecule has 19 heavy (non-hydrogen) atoms. The van der Waals surface area contributed by atoms with Gasteiger partial charge in [0, 0.05) is 0 Å². The second-order valence-corrected chi connectivity index (χ2v) is 4.59. The number of aromatic hydroxyl groups is 1. The molecule has 0 radical (unpaired) electrons. The molecule has 2 rings (SSSR count). The molecule has 0 aliphatic rings. The van der Waals surface area contributed by atoms with Crippen LogP contribution in [0.4, 0.5) is 11.4 Å². The van der Waals surface area contributed by atoms with Crippen molar-refractivity contribution in [2.24, 2.45) is 0 Å². The highest BCUT2D eigenvalue weighted by Gasteiger charge is 2.14. The number of amides is 1. The lowest BCUT2D eigenvalue weighted by atomic mass is 10.1. The summed E-state index contributed by atoms with van der Waals surface area (Å²) < 4.78 is 0. The van der Waals surface area contributed by atoms with Gasteiger partial charge in [0.05, 0.1) is 22.0 Å². The Morgan fingerprint density at radius 3 is 2.79 bits per heavy atom. The van der Waals surface area contributed by atoms with E-state index in [4.69, 9.17) is 17.3 Å². The molecule has 0 aliphatic carbocycles. The minimum atomic E-state index is -0.461. The molecule has 5 heteroatoms. The molecule has 0 bridgehead atoms. The summed E-state index contributed by atoms with van der Waals surface area (Å²) in [7, 11) is 0. The lowest BCUT2D eigenvalue weighted by Gasteiger charge is -2.10. The molecular weight excluding hydrogens is 264 g/mol. The average Bonchev–Trinajstić information content (AvgIpc) is 2.37. The van der Waals surface area contributed by atoms with Crippen LogP contribution in [0.5, 0.6) is 5.75 Å². The van der Waals surface area contributed by atoms with E-state index in [2.05, 4.69) is 5.32 Å². The number of para-hydroxylation sites is 1. The normalized spacial score (nSPS) is 10.2. The van der Waals surface area contributed by atoms with Gasteiger partial charge < -0.3 is 16.2 Å². The summed E-state index contributed by atoms with van der Waals surface area (Å²) in [6.45, 7) is 1.89. The number of hydrogen-bond donors (Lipinski definition) is 3. The topological polar surface area (TPSA) is 75.4 Å². The van der Waals surface area contributed by atoms with E-state index in [1.165, 1.54) is 12.1 Å². The second kappa shape index (κ2) is 5.20. The molecule has 0 heterocycles. The molecule has 1 amide bonds. The van der Waals surface area contributed by atoms with Crippen LogP contribution in [0, 0.1) is 6.92 Å². The number of nitrogen functional groups attached to an aromatic ring is 1. The number of phenolic OH excluding ortho intramolecular Hbond substituents is 1. The summed E-state index contributed by atoms with van der Waals surface area (Å²) in [5, 5.41) is 12.8. The Morgan fingerprint density at radius 1 is 1.32 bits per heavy atom. The largest absolute Gasteiger partial charge is 0.505 e. The lowest BCUT2D eigenvalue weighted by molar-refractivity contribution is 0.102. The number of anilines is 2. The van der Waals surface area contributed by atoms with E-state index in [0.717, 1.165) is 5.56 Å². The van der Waals surface area contributed by atoms with E-state index in [0.29, 0.717) is 10.7 Å². The second-order valence-electron chi connectivity index (χ2n) is 4.18. The summed E-state index contributed by atoms with van der Waals surface area (Å²) in [4.78, 5) is 12.1. The van der Waals surface area contributed by atoms with Crippen molar-refractivity contribution in [2.75, 3.05) is 11.1 Å². The van der Waals surface area contributed by atoms with Crippen LogP contribution in [0.2, 0.25) is 5.02 Å². The van der Waals surface area contributed by atoms with Gasteiger partial charge in [-0.15, -0.1) is 0 Å². The van der Waals surface area contributed by atoms with Gasteiger partial charge in [-0.1, -0.05) is 23.7 Å². The third kappa shape index (κ3) is 2.80. The fourth-order valence-electron chi connectivity index (χ4n) is 1.67. The molecule has 0 fully saturated rings. The SMILES string of the molecule is Cc1ccc(Cl)c(NC(=O)c2cccc(N)c2O)c1. The van der Waals surface area contributed by atoms with E-state index < -0.39 is 5.91 Å². The third-order valence-electron chi connectivity index (χ3n) is 2.68. The van der Waals surface area contributed by atoms with Crippen LogP contribution in [0.15, 0.2) is 36.4 Å². The van der Waals surface area contributed by atoms with Crippen molar-refractivity contribution in [3.63, 3.8) is 0 Å². The van der Waals surface area contributed by atoms with E-state index in [1.54, 1.807) is 18.2 Å². The maximum absolute atomic E-state index is 12.1. The molecule has 98 valence electrons. The molecule has 0 spiro atoms. The molecule has 2 aromatic carbocycles. The number of aryl methyl sites for hydroxylation is 1. The fourth-order valence-corrected chi connectivity index (χ4v) is 1.83. The zero-order valence-electron chi connectivity index (χ0n) is 10.3. The molecule has 0 aliphatic heterocycles. The summed E-state index contributed by atoms with van der Waals surface area (Å²) in [6, 6.07) is 9.91. The molecule has 0 saturated carbocycles. The van der Waals surface area contributed by atoms with Gasteiger partial charge >= 0.3 is 0 Å². The number of phenols is 1. The lowest BCUT2D eigenvalue weighted by Crippen LogP contribution is -2.13. The number of rotatable bonds is 2. The molecule has 4 N–H and O–H groups in total. The van der Waals surface area contributed by atoms with E-state index in [9.17, 15) is 9.90 Å². The van der Waals surface area contributed by atoms with Gasteiger partial charge in [-0.05, 0) is 36.8 Å². The van der Waals surface area contributed by atoms with Crippen LogP contribution in [0.1, 0.15) is 15.9 Å². The average molecular weight is 277 g/mol. The molecule has 0 unspecified atom stereocenters.